The lowest BCUT2D eigenvalue weighted by atomic mass is 9.94. The van der Waals surface area contributed by atoms with Crippen molar-refractivity contribution >= 4 is 31.3 Å². The van der Waals surface area contributed by atoms with Gasteiger partial charge in [-0.25, -0.2) is 8.42 Å². The Morgan fingerprint density at radius 3 is 2.60 bits per heavy atom. The predicted octanol–water partition coefficient (Wildman–Crippen LogP) is 3.38. The average Bonchev–Trinajstić information content (AvgIpc) is 2.82. The van der Waals surface area contributed by atoms with E-state index < -0.39 is 14.6 Å². The van der Waals surface area contributed by atoms with Crippen molar-refractivity contribution in [1.82, 2.24) is 5.32 Å². The number of hydrogen-bond donors (Lipinski definition) is 1. The Kier molecular flexibility index (Phi) is 4.23. The van der Waals surface area contributed by atoms with Crippen LogP contribution in [-0.4, -0.2) is 26.0 Å². The van der Waals surface area contributed by atoms with Crippen LogP contribution in [0.4, 0.5) is 0 Å². The summed E-state index contributed by atoms with van der Waals surface area (Å²) in [6.07, 6.45) is 1.31. The zero-order valence-corrected chi connectivity index (χ0v) is 13.9. The molecule has 1 heterocycles. The summed E-state index contributed by atoms with van der Waals surface area (Å²) in [5.41, 5.74) is 1.06. The van der Waals surface area contributed by atoms with E-state index in [0.29, 0.717) is 0 Å². The van der Waals surface area contributed by atoms with Gasteiger partial charge in [-0.15, -0.1) is 11.3 Å². The van der Waals surface area contributed by atoms with Crippen LogP contribution in [0, 0.1) is 0 Å². The number of sulfone groups is 1. The predicted molar refractivity (Wildman–Crippen MR) is 87.2 cm³/mol. The lowest BCUT2D eigenvalue weighted by Gasteiger charge is -2.34. The van der Waals surface area contributed by atoms with Gasteiger partial charge in [0, 0.05) is 11.0 Å². The molecule has 1 aromatic carbocycles. The van der Waals surface area contributed by atoms with Gasteiger partial charge in [0.15, 0.2) is 9.84 Å². The van der Waals surface area contributed by atoms with E-state index in [2.05, 4.69) is 17.4 Å². The van der Waals surface area contributed by atoms with Crippen molar-refractivity contribution in [3.63, 3.8) is 0 Å². The monoisotopic (exact) mass is 311 g/mol. The Balaban J connectivity index is 2.62. The normalized spacial score (nSPS) is 14.6. The second-order valence-corrected chi connectivity index (χ2v) is 9.07. The SMILES string of the molecule is CCNC(c1cccc2ccsc12)C(C)(C)S(C)(=O)=O. The van der Waals surface area contributed by atoms with Crippen molar-refractivity contribution in [1.29, 1.82) is 0 Å². The molecule has 0 spiro atoms. The molecule has 0 aliphatic heterocycles. The molecule has 1 N–H and O–H groups in total. The minimum Gasteiger partial charge on any atom is -0.309 e. The van der Waals surface area contributed by atoms with Gasteiger partial charge in [-0.05, 0) is 42.8 Å². The maximum atomic E-state index is 12.2. The molecule has 0 saturated carbocycles. The molecular formula is C15H21NO2S2. The van der Waals surface area contributed by atoms with Crippen LogP contribution in [0.3, 0.4) is 0 Å². The van der Waals surface area contributed by atoms with E-state index in [0.717, 1.165) is 16.8 Å². The third-order valence-electron chi connectivity index (χ3n) is 3.88. The lowest BCUT2D eigenvalue weighted by Crippen LogP contribution is -2.45. The van der Waals surface area contributed by atoms with E-state index in [1.165, 1.54) is 11.6 Å². The maximum Gasteiger partial charge on any atom is 0.154 e. The molecule has 0 radical (unpaired) electrons. The highest BCUT2D eigenvalue weighted by Crippen LogP contribution is 2.37. The average molecular weight is 311 g/mol. The molecule has 5 heteroatoms. The fourth-order valence-electron chi connectivity index (χ4n) is 2.39. The molecule has 3 nitrogen and oxygen atoms in total. The molecule has 20 heavy (non-hydrogen) atoms. The first-order valence-electron chi connectivity index (χ1n) is 6.68. The van der Waals surface area contributed by atoms with E-state index in [-0.39, 0.29) is 6.04 Å². The van der Waals surface area contributed by atoms with Crippen LogP contribution in [0.5, 0.6) is 0 Å². The Hall–Kier alpha value is -0.910. The van der Waals surface area contributed by atoms with Crippen LogP contribution in [0.1, 0.15) is 32.4 Å². The number of benzene rings is 1. The van der Waals surface area contributed by atoms with Gasteiger partial charge in [0.25, 0.3) is 0 Å². The van der Waals surface area contributed by atoms with Crippen molar-refractivity contribution in [2.45, 2.75) is 31.6 Å². The molecule has 1 atom stereocenters. The molecule has 0 saturated heterocycles. The number of rotatable bonds is 5. The first kappa shape index (κ1) is 15.5. The highest BCUT2D eigenvalue weighted by atomic mass is 32.2. The van der Waals surface area contributed by atoms with Gasteiger partial charge < -0.3 is 5.32 Å². The molecule has 110 valence electrons. The number of nitrogens with one attached hydrogen (secondary N) is 1. The number of thiophene rings is 1. The third kappa shape index (κ3) is 2.62. The molecule has 0 bridgehead atoms. The molecule has 0 aliphatic rings. The summed E-state index contributed by atoms with van der Waals surface area (Å²) < 4.78 is 24.7. The van der Waals surface area contributed by atoms with Crippen molar-refractivity contribution in [3.8, 4) is 0 Å². The number of hydrogen-bond acceptors (Lipinski definition) is 4. The Labute approximate surface area is 124 Å². The Bertz CT molecular complexity index is 701. The zero-order chi connectivity index (χ0) is 15.0. The summed E-state index contributed by atoms with van der Waals surface area (Å²) in [4.78, 5) is 0. The molecule has 2 rings (SSSR count). The minimum absolute atomic E-state index is 0.218. The molecule has 1 unspecified atom stereocenters. The number of fused-ring (bicyclic) bond motifs is 1. The first-order valence-corrected chi connectivity index (χ1v) is 9.45. The zero-order valence-electron chi connectivity index (χ0n) is 12.3. The van der Waals surface area contributed by atoms with E-state index >= 15 is 0 Å². The minimum atomic E-state index is -3.18. The second kappa shape index (κ2) is 5.47. The molecule has 0 fully saturated rings. The van der Waals surface area contributed by atoms with E-state index in [1.807, 2.05) is 24.4 Å². The highest BCUT2D eigenvalue weighted by molar-refractivity contribution is 7.92. The van der Waals surface area contributed by atoms with Gasteiger partial charge in [-0.3, -0.25) is 0 Å². The summed E-state index contributed by atoms with van der Waals surface area (Å²) >= 11 is 1.66. The largest absolute Gasteiger partial charge is 0.309 e. The molecule has 0 amide bonds. The van der Waals surface area contributed by atoms with E-state index in [4.69, 9.17) is 0 Å². The first-order chi connectivity index (χ1) is 9.29. The summed E-state index contributed by atoms with van der Waals surface area (Å²) in [5.74, 6) is 0. The van der Waals surface area contributed by atoms with Crippen molar-refractivity contribution < 1.29 is 8.42 Å². The van der Waals surface area contributed by atoms with Gasteiger partial charge in [0.2, 0.25) is 0 Å². The quantitative estimate of drug-likeness (QED) is 0.921. The van der Waals surface area contributed by atoms with E-state index in [9.17, 15) is 8.42 Å². The van der Waals surface area contributed by atoms with Gasteiger partial charge in [0.1, 0.15) is 0 Å². The van der Waals surface area contributed by atoms with Crippen LogP contribution in [0.15, 0.2) is 29.6 Å². The fraction of sp³-hybridized carbons (Fsp3) is 0.467. The fourth-order valence-corrected chi connectivity index (χ4v) is 3.98. The third-order valence-corrected chi connectivity index (χ3v) is 7.01. The molecule has 0 aliphatic carbocycles. The molecule has 1 aromatic heterocycles. The van der Waals surface area contributed by atoms with Crippen molar-refractivity contribution in [2.75, 3.05) is 12.8 Å². The standard InChI is InChI=1S/C15H21NO2S2/c1-5-16-14(15(2,3)20(4,17)18)12-8-6-7-11-9-10-19-13(11)12/h6-10,14,16H,5H2,1-4H3. The van der Waals surface area contributed by atoms with Crippen LogP contribution in [-0.2, 0) is 9.84 Å². The second-order valence-electron chi connectivity index (χ2n) is 5.55. The molecular weight excluding hydrogens is 290 g/mol. The van der Waals surface area contributed by atoms with Crippen LogP contribution in [0.25, 0.3) is 10.1 Å². The Morgan fingerprint density at radius 1 is 1.30 bits per heavy atom. The van der Waals surface area contributed by atoms with Crippen molar-refractivity contribution in [3.05, 3.63) is 35.2 Å². The van der Waals surface area contributed by atoms with Crippen LogP contribution >= 0.6 is 11.3 Å². The highest BCUT2D eigenvalue weighted by Gasteiger charge is 2.40. The van der Waals surface area contributed by atoms with E-state index in [1.54, 1.807) is 25.2 Å². The van der Waals surface area contributed by atoms with Crippen LogP contribution in [0.2, 0.25) is 0 Å². The summed E-state index contributed by atoms with van der Waals surface area (Å²) in [7, 11) is -3.18. The van der Waals surface area contributed by atoms with Gasteiger partial charge in [0.05, 0.1) is 10.8 Å². The van der Waals surface area contributed by atoms with Gasteiger partial charge >= 0.3 is 0 Å². The molecule has 2 aromatic rings. The lowest BCUT2D eigenvalue weighted by molar-refractivity contribution is 0.430. The Morgan fingerprint density at radius 2 is 2.00 bits per heavy atom. The smallest absolute Gasteiger partial charge is 0.154 e. The topological polar surface area (TPSA) is 46.2 Å². The van der Waals surface area contributed by atoms with Crippen LogP contribution < -0.4 is 5.32 Å². The van der Waals surface area contributed by atoms with Gasteiger partial charge in [-0.1, -0.05) is 25.1 Å². The summed E-state index contributed by atoms with van der Waals surface area (Å²) in [6.45, 7) is 6.31. The van der Waals surface area contributed by atoms with Crippen molar-refractivity contribution in [2.24, 2.45) is 0 Å². The van der Waals surface area contributed by atoms with Gasteiger partial charge in [-0.2, -0.15) is 0 Å². The maximum absolute atomic E-state index is 12.2. The summed E-state index contributed by atoms with van der Waals surface area (Å²) in [6, 6.07) is 7.93. The summed E-state index contributed by atoms with van der Waals surface area (Å²) in [5, 5.41) is 6.57.